The van der Waals surface area contributed by atoms with Gasteiger partial charge in [0.05, 0.1) is 16.7 Å². The van der Waals surface area contributed by atoms with Crippen LogP contribution in [0.25, 0.3) is 11.1 Å². The largest absolute Gasteiger partial charge is 0.506 e. The van der Waals surface area contributed by atoms with Crippen LogP contribution in [0.5, 0.6) is 5.75 Å². The Morgan fingerprint density at radius 1 is 0.887 bits per heavy atom. The van der Waals surface area contributed by atoms with E-state index in [9.17, 15) is 31.5 Å². The molecule has 2 heterocycles. The highest BCUT2D eigenvalue weighted by molar-refractivity contribution is 7.99. The van der Waals surface area contributed by atoms with E-state index >= 15 is 0 Å². The van der Waals surface area contributed by atoms with Crippen LogP contribution in [0.3, 0.4) is 0 Å². The normalized spacial score (nSPS) is 14.5. The molecule has 9 nitrogen and oxygen atoms in total. The molecule has 1 amide bonds. The number of alkyl halides is 3. The first-order chi connectivity index (χ1) is 25.4. The summed E-state index contributed by atoms with van der Waals surface area (Å²) in [6, 6.07) is 28.6. The summed E-state index contributed by atoms with van der Waals surface area (Å²) >= 11 is 1.48. The number of carbonyl (C=O) groups excluding carboxylic acids is 1. The maximum absolute atomic E-state index is 14.0. The monoisotopic (exact) mass is 761 g/mol. The smallest absolute Gasteiger partial charge is 0.418 e. The van der Waals surface area contributed by atoms with Gasteiger partial charge in [-0.25, -0.2) is 13.1 Å². The van der Waals surface area contributed by atoms with Gasteiger partial charge in [0.1, 0.15) is 5.75 Å². The first-order valence-corrected chi connectivity index (χ1v) is 19.4. The second-order valence-electron chi connectivity index (χ2n) is 12.5. The Morgan fingerprint density at radius 3 is 2.25 bits per heavy atom. The van der Waals surface area contributed by atoms with Crippen LogP contribution in [-0.4, -0.2) is 67.8 Å². The Balaban J connectivity index is 1.03. The van der Waals surface area contributed by atoms with Gasteiger partial charge in [-0.2, -0.15) is 13.2 Å². The van der Waals surface area contributed by atoms with Crippen molar-refractivity contribution in [2.75, 3.05) is 48.7 Å². The van der Waals surface area contributed by atoms with Gasteiger partial charge in [-0.3, -0.25) is 14.7 Å². The fourth-order valence-electron chi connectivity index (χ4n) is 6.13. The molecule has 0 bridgehead atoms. The van der Waals surface area contributed by atoms with Crippen molar-refractivity contribution in [3.05, 3.63) is 132 Å². The third kappa shape index (κ3) is 9.50. The molecular formula is C39H38F3N5O4S2. The highest BCUT2D eigenvalue weighted by Gasteiger charge is 2.35. The van der Waals surface area contributed by atoms with E-state index in [1.54, 1.807) is 24.4 Å². The van der Waals surface area contributed by atoms with E-state index in [4.69, 9.17) is 0 Å². The highest BCUT2D eigenvalue weighted by Crippen LogP contribution is 2.36. The van der Waals surface area contributed by atoms with Crippen LogP contribution >= 0.6 is 11.8 Å². The van der Waals surface area contributed by atoms with Crippen LogP contribution in [0.4, 0.5) is 24.5 Å². The van der Waals surface area contributed by atoms with Gasteiger partial charge in [0.25, 0.3) is 15.9 Å². The molecule has 53 heavy (non-hydrogen) atoms. The number of nitrogens with zero attached hydrogens (tertiary/aromatic N) is 3. The first-order valence-electron chi connectivity index (χ1n) is 16.9. The molecule has 1 aliphatic heterocycles. The van der Waals surface area contributed by atoms with E-state index in [1.165, 1.54) is 30.1 Å². The second kappa shape index (κ2) is 16.3. The predicted molar refractivity (Wildman–Crippen MR) is 202 cm³/mol. The van der Waals surface area contributed by atoms with Crippen LogP contribution in [0.15, 0.2) is 125 Å². The highest BCUT2D eigenvalue weighted by atomic mass is 32.2. The van der Waals surface area contributed by atoms with Crippen molar-refractivity contribution >= 4 is 39.1 Å². The molecule has 276 valence electrons. The number of halogens is 3. The van der Waals surface area contributed by atoms with Crippen molar-refractivity contribution in [2.45, 2.75) is 28.9 Å². The van der Waals surface area contributed by atoms with Gasteiger partial charge >= 0.3 is 6.18 Å². The number of thioether (sulfide) groups is 1. The third-order valence-electron chi connectivity index (χ3n) is 9.07. The quantitative estimate of drug-likeness (QED) is 0.0871. The molecule has 1 atom stereocenters. The molecule has 1 unspecified atom stereocenters. The summed E-state index contributed by atoms with van der Waals surface area (Å²) in [5.74, 6) is -0.344. The molecule has 1 saturated heterocycles. The number of aromatic nitrogens is 1. The van der Waals surface area contributed by atoms with Crippen molar-refractivity contribution in [1.82, 2.24) is 14.6 Å². The maximum atomic E-state index is 14.0. The van der Waals surface area contributed by atoms with E-state index < -0.39 is 32.6 Å². The minimum Gasteiger partial charge on any atom is -0.506 e. The zero-order valence-corrected chi connectivity index (χ0v) is 30.4. The van der Waals surface area contributed by atoms with Gasteiger partial charge in [0.2, 0.25) is 0 Å². The second-order valence-corrected chi connectivity index (χ2v) is 15.4. The zero-order chi connectivity index (χ0) is 37.6. The number of pyridine rings is 1. The number of piperazine rings is 1. The predicted octanol–water partition coefficient (Wildman–Crippen LogP) is 7.68. The Bertz CT molecular complexity index is 2130. The van der Waals surface area contributed by atoms with Crippen molar-refractivity contribution in [2.24, 2.45) is 0 Å². The van der Waals surface area contributed by atoms with Gasteiger partial charge in [0.15, 0.2) is 0 Å². The summed E-state index contributed by atoms with van der Waals surface area (Å²) in [4.78, 5) is 21.9. The van der Waals surface area contributed by atoms with Crippen LogP contribution in [0, 0.1) is 0 Å². The van der Waals surface area contributed by atoms with Gasteiger partial charge in [0, 0.05) is 78.1 Å². The lowest BCUT2D eigenvalue weighted by Crippen LogP contribution is -2.47. The van der Waals surface area contributed by atoms with E-state index in [0.717, 1.165) is 65.6 Å². The summed E-state index contributed by atoms with van der Waals surface area (Å²) in [6.07, 6.45) is -1.73. The molecule has 6 rings (SSSR count). The molecule has 1 aliphatic rings. The molecule has 1 aromatic heterocycles. The number of amides is 1. The fourth-order valence-corrected chi connectivity index (χ4v) is 7.92. The standard InChI is InChI=1S/C39H38F3N5O4S2/c1-27(28-7-9-29(10-8-28)31-23-33(48)26-43-25-31)46-18-20-47(21-19-46)32-13-11-30(12-14-32)38(49)45-53(50,51)35-15-16-37(36(24-35)39(40,41)42)44-17-22-52-34-5-3-2-4-6-34/h2-16,23-27,44,48H,17-22H2,1H3,(H,45,49). The number of sulfonamides is 1. The molecule has 4 aromatic carbocycles. The van der Waals surface area contributed by atoms with E-state index in [-0.39, 0.29) is 29.6 Å². The average molecular weight is 762 g/mol. The number of carbonyl (C=O) groups is 1. The van der Waals surface area contributed by atoms with Gasteiger partial charge in [-0.1, -0.05) is 42.5 Å². The molecule has 0 saturated carbocycles. The Labute approximate surface area is 310 Å². The number of nitrogens with one attached hydrogen (secondary N) is 2. The Kier molecular flexibility index (Phi) is 11.6. The molecule has 0 aliphatic carbocycles. The molecule has 0 spiro atoms. The van der Waals surface area contributed by atoms with Crippen LogP contribution in [-0.2, 0) is 16.2 Å². The van der Waals surface area contributed by atoms with Gasteiger partial charge in [-0.15, -0.1) is 11.8 Å². The summed E-state index contributed by atoms with van der Waals surface area (Å²) in [5.41, 5.74) is 2.49. The lowest BCUT2D eigenvalue weighted by atomic mass is 10.0. The molecule has 0 radical (unpaired) electrons. The minimum atomic E-state index is -4.83. The minimum absolute atomic E-state index is 0.0553. The van der Waals surface area contributed by atoms with Crippen molar-refractivity contribution in [3.63, 3.8) is 0 Å². The number of benzene rings is 4. The van der Waals surface area contributed by atoms with Crippen molar-refractivity contribution in [3.8, 4) is 16.9 Å². The molecule has 3 N–H and O–H groups in total. The molecule has 5 aromatic rings. The topological polar surface area (TPSA) is 115 Å². The summed E-state index contributed by atoms with van der Waals surface area (Å²) in [6.45, 7) is 5.42. The number of rotatable bonds is 12. The molecule has 14 heteroatoms. The van der Waals surface area contributed by atoms with Crippen molar-refractivity contribution in [1.29, 1.82) is 0 Å². The van der Waals surface area contributed by atoms with E-state index in [1.807, 2.05) is 47.2 Å². The van der Waals surface area contributed by atoms with Crippen molar-refractivity contribution < 1.29 is 31.5 Å². The lowest BCUT2D eigenvalue weighted by Gasteiger charge is -2.39. The van der Waals surface area contributed by atoms with Gasteiger partial charge in [-0.05, 0) is 78.7 Å². The number of hydrogen-bond acceptors (Lipinski definition) is 9. The van der Waals surface area contributed by atoms with E-state index in [2.05, 4.69) is 39.2 Å². The van der Waals surface area contributed by atoms with E-state index in [0.29, 0.717) is 11.8 Å². The first kappa shape index (κ1) is 37.7. The lowest BCUT2D eigenvalue weighted by molar-refractivity contribution is -0.137. The fraction of sp³-hybridized carbons (Fsp3) is 0.231. The Hall–Kier alpha value is -5.05. The zero-order valence-electron chi connectivity index (χ0n) is 28.8. The number of anilines is 2. The summed E-state index contributed by atoms with van der Waals surface area (Å²) in [5, 5.41) is 12.5. The maximum Gasteiger partial charge on any atom is 0.418 e. The summed E-state index contributed by atoms with van der Waals surface area (Å²) in [7, 11) is -4.61. The molecule has 1 fully saturated rings. The summed E-state index contributed by atoms with van der Waals surface area (Å²) < 4.78 is 70.0. The third-order valence-corrected chi connectivity index (χ3v) is 11.4. The number of aromatic hydroxyl groups is 1. The van der Waals surface area contributed by atoms with Crippen LogP contribution < -0.4 is 14.9 Å². The van der Waals surface area contributed by atoms with Crippen LogP contribution in [0.2, 0.25) is 0 Å². The van der Waals surface area contributed by atoms with Gasteiger partial charge < -0.3 is 15.3 Å². The Morgan fingerprint density at radius 2 is 1.58 bits per heavy atom. The average Bonchev–Trinajstić information content (AvgIpc) is 3.16. The van der Waals surface area contributed by atoms with Crippen LogP contribution in [0.1, 0.15) is 34.5 Å². The SMILES string of the molecule is CC(c1ccc(-c2cncc(O)c2)cc1)N1CCN(c2ccc(C(=O)NS(=O)(=O)c3ccc(NCCSc4ccccc4)c(C(F)(F)F)c3)cc2)CC1. The number of hydrogen-bond donors (Lipinski definition) is 3. The molecular weight excluding hydrogens is 724 g/mol.